The number of nitro groups is 2. The van der Waals surface area contributed by atoms with Gasteiger partial charge in [0.1, 0.15) is 11.4 Å². The molecule has 11 heteroatoms. The Morgan fingerprint density at radius 1 is 1.08 bits per heavy atom. The molecule has 0 fully saturated rings. The van der Waals surface area contributed by atoms with Crippen LogP contribution < -0.4 is 11.0 Å². The maximum absolute atomic E-state index is 11.6. The van der Waals surface area contributed by atoms with Crippen molar-refractivity contribution in [2.45, 2.75) is 12.8 Å². The second-order valence-corrected chi connectivity index (χ2v) is 5.08. The minimum absolute atomic E-state index is 0.0296. The standard InChI is InChI=1S/C15H14N4O7/c20-12-5-1-10(2-6-12)3-8-15(21)26-17-16-13-7-4-11(18(22)23)9-14(13)19(24)25/h1-2,4-7,9,16-17,20H,3,8H2. The lowest BCUT2D eigenvalue weighted by atomic mass is 10.1. The molecule has 136 valence electrons. The number of phenols is 1. The van der Waals surface area contributed by atoms with Crippen LogP contribution in [0, 0.1) is 20.2 Å². The van der Waals surface area contributed by atoms with Gasteiger partial charge in [-0.15, -0.1) is 0 Å². The summed E-state index contributed by atoms with van der Waals surface area (Å²) in [6.45, 7) is 0. The van der Waals surface area contributed by atoms with Gasteiger partial charge in [-0.05, 0) is 30.2 Å². The number of nitrogens with zero attached hydrogens (tertiary/aromatic N) is 2. The first-order valence-electron chi connectivity index (χ1n) is 7.28. The molecule has 2 rings (SSSR count). The van der Waals surface area contributed by atoms with Gasteiger partial charge in [0.2, 0.25) is 0 Å². The molecule has 0 aliphatic carbocycles. The fraction of sp³-hybridized carbons (Fsp3) is 0.133. The summed E-state index contributed by atoms with van der Waals surface area (Å²) in [4.78, 5) is 36.4. The van der Waals surface area contributed by atoms with Crippen LogP contribution >= 0.6 is 0 Å². The Balaban J connectivity index is 1.86. The van der Waals surface area contributed by atoms with E-state index in [9.17, 15) is 30.1 Å². The second kappa shape index (κ2) is 8.39. The number of rotatable bonds is 8. The topological polar surface area (TPSA) is 157 Å². The number of hydrogen-bond donors (Lipinski definition) is 3. The molecule has 0 amide bonds. The number of carbonyl (C=O) groups excluding carboxylic acids is 1. The van der Waals surface area contributed by atoms with Gasteiger partial charge in [0, 0.05) is 6.07 Å². The fourth-order valence-corrected chi connectivity index (χ4v) is 1.99. The van der Waals surface area contributed by atoms with Crippen LogP contribution in [-0.4, -0.2) is 20.9 Å². The summed E-state index contributed by atoms with van der Waals surface area (Å²) in [7, 11) is 0. The highest BCUT2D eigenvalue weighted by molar-refractivity contribution is 5.70. The molecule has 0 aliphatic rings. The predicted octanol–water partition coefficient (Wildman–Crippen LogP) is 2.22. The van der Waals surface area contributed by atoms with Crippen LogP contribution in [-0.2, 0) is 16.1 Å². The number of non-ortho nitro benzene ring substituents is 1. The van der Waals surface area contributed by atoms with Crippen molar-refractivity contribution in [3.8, 4) is 5.75 Å². The van der Waals surface area contributed by atoms with Gasteiger partial charge in [-0.1, -0.05) is 17.7 Å². The van der Waals surface area contributed by atoms with Gasteiger partial charge in [0.25, 0.3) is 5.69 Å². The minimum atomic E-state index is -0.802. The summed E-state index contributed by atoms with van der Waals surface area (Å²) in [5, 5.41) is 30.8. The molecule has 0 radical (unpaired) electrons. The van der Waals surface area contributed by atoms with E-state index in [-0.39, 0.29) is 17.9 Å². The SMILES string of the molecule is O=C(CCc1ccc(O)cc1)ONNc1ccc([N+](=O)[O-])cc1[N+](=O)[O-]. The summed E-state index contributed by atoms with van der Waals surface area (Å²) in [6.07, 6.45) is 0.403. The van der Waals surface area contributed by atoms with E-state index in [0.717, 1.165) is 23.8 Å². The quantitative estimate of drug-likeness (QED) is 0.473. The number of aryl methyl sites for hydroxylation is 1. The van der Waals surface area contributed by atoms with Crippen LogP contribution in [0.1, 0.15) is 12.0 Å². The van der Waals surface area contributed by atoms with E-state index in [0.29, 0.717) is 6.42 Å². The van der Waals surface area contributed by atoms with Gasteiger partial charge in [-0.2, -0.15) is 0 Å². The van der Waals surface area contributed by atoms with Crippen LogP contribution in [0.4, 0.5) is 17.1 Å². The van der Waals surface area contributed by atoms with Crippen LogP contribution in [0.2, 0.25) is 0 Å². The smallest absolute Gasteiger partial charge is 0.327 e. The van der Waals surface area contributed by atoms with Crippen molar-refractivity contribution >= 4 is 23.0 Å². The number of nitrogens with one attached hydrogen (secondary N) is 2. The lowest BCUT2D eigenvalue weighted by molar-refractivity contribution is -0.393. The third-order valence-corrected chi connectivity index (χ3v) is 3.29. The first kappa shape index (κ1) is 18.6. The van der Waals surface area contributed by atoms with Gasteiger partial charge in [-0.3, -0.25) is 30.4 Å². The number of hydrazine groups is 1. The Morgan fingerprint density at radius 3 is 2.38 bits per heavy atom. The van der Waals surface area contributed by atoms with E-state index in [1.165, 1.54) is 12.1 Å². The highest BCUT2D eigenvalue weighted by Crippen LogP contribution is 2.28. The zero-order valence-corrected chi connectivity index (χ0v) is 13.2. The maximum Gasteiger partial charge on any atom is 0.327 e. The van der Waals surface area contributed by atoms with Crippen LogP contribution in [0.15, 0.2) is 42.5 Å². The van der Waals surface area contributed by atoms with Crippen LogP contribution in [0.3, 0.4) is 0 Å². The largest absolute Gasteiger partial charge is 0.508 e. The van der Waals surface area contributed by atoms with Gasteiger partial charge in [0.15, 0.2) is 0 Å². The third kappa shape index (κ3) is 5.14. The van der Waals surface area contributed by atoms with Crippen molar-refractivity contribution in [3.63, 3.8) is 0 Å². The van der Waals surface area contributed by atoms with Crippen LogP contribution in [0.5, 0.6) is 5.75 Å². The number of aromatic hydroxyl groups is 1. The van der Waals surface area contributed by atoms with Gasteiger partial charge < -0.3 is 9.94 Å². The zero-order chi connectivity index (χ0) is 19.1. The predicted molar refractivity (Wildman–Crippen MR) is 89.0 cm³/mol. The van der Waals surface area contributed by atoms with Crippen molar-refractivity contribution in [3.05, 3.63) is 68.3 Å². The van der Waals surface area contributed by atoms with Crippen LogP contribution in [0.25, 0.3) is 0 Å². The summed E-state index contributed by atoms with van der Waals surface area (Å²) in [6, 6.07) is 9.29. The number of carbonyl (C=O) groups is 1. The average Bonchev–Trinajstić information content (AvgIpc) is 2.61. The number of nitro benzene ring substituents is 2. The molecule has 3 N–H and O–H groups in total. The van der Waals surface area contributed by atoms with E-state index in [2.05, 4.69) is 11.0 Å². The molecular weight excluding hydrogens is 348 g/mol. The molecule has 26 heavy (non-hydrogen) atoms. The molecule has 0 heterocycles. The number of anilines is 1. The first-order valence-corrected chi connectivity index (χ1v) is 7.28. The lowest BCUT2D eigenvalue weighted by Gasteiger charge is -2.09. The average molecular weight is 362 g/mol. The third-order valence-electron chi connectivity index (χ3n) is 3.29. The molecule has 2 aromatic carbocycles. The molecule has 0 saturated heterocycles. The van der Waals surface area contributed by atoms with Crippen molar-refractivity contribution in [1.82, 2.24) is 5.59 Å². The highest BCUT2D eigenvalue weighted by Gasteiger charge is 2.19. The Kier molecular flexibility index (Phi) is 6.01. The number of hydrogen-bond acceptors (Lipinski definition) is 9. The molecule has 0 aliphatic heterocycles. The number of phenolic OH excluding ortho intramolecular Hbond substituents is 1. The van der Waals surface area contributed by atoms with Crippen molar-refractivity contribution in [2.75, 3.05) is 5.43 Å². The summed E-state index contributed by atoms with van der Waals surface area (Å²) in [5.41, 5.74) is 4.11. The van der Waals surface area contributed by atoms with E-state index < -0.39 is 27.2 Å². The minimum Gasteiger partial charge on any atom is -0.508 e. The molecule has 2 aromatic rings. The highest BCUT2D eigenvalue weighted by atomic mass is 16.7. The molecule has 0 aromatic heterocycles. The molecule has 0 atom stereocenters. The van der Waals surface area contributed by atoms with Crippen molar-refractivity contribution in [1.29, 1.82) is 0 Å². The Bertz CT molecular complexity index is 823. The van der Waals surface area contributed by atoms with E-state index in [1.54, 1.807) is 12.1 Å². The van der Waals surface area contributed by atoms with Crippen molar-refractivity contribution in [2.24, 2.45) is 0 Å². The molecule has 0 saturated carbocycles. The molecule has 0 unspecified atom stereocenters. The molecule has 0 bridgehead atoms. The van der Waals surface area contributed by atoms with E-state index in [1.807, 2.05) is 0 Å². The Morgan fingerprint density at radius 2 is 1.77 bits per heavy atom. The molecular formula is C15H14N4O7. The maximum atomic E-state index is 11.6. The second-order valence-electron chi connectivity index (χ2n) is 5.08. The molecule has 0 spiro atoms. The lowest BCUT2D eigenvalue weighted by Crippen LogP contribution is -2.26. The number of benzene rings is 2. The Hall–Kier alpha value is -3.73. The molecule has 11 nitrogen and oxygen atoms in total. The Labute approximate surface area is 146 Å². The van der Waals surface area contributed by atoms with E-state index >= 15 is 0 Å². The van der Waals surface area contributed by atoms with Gasteiger partial charge in [0.05, 0.1) is 22.3 Å². The summed E-state index contributed by atoms with van der Waals surface area (Å²) in [5.74, 6) is -0.512. The monoisotopic (exact) mass is 362 g/mol. The normalized spacial score (nSPS) is 10.2. The van der Waals surface area contributed by atoms with Gasteiger partial charge >= 0.3 is 11.7 Å². The fourth-order valence-electron chi connectivity index (χ4n) is 1.99. The zero-order valence-electron chi connectivity index (χ0n) is 13.2. The summed E-state index contributed by atoms with van der Waals surface area (Å²) >= 11 is 0. The van der Waals surface area contributed by atoms with E-state index in [4.69, 9.17) is 4.84 Å². The summed E-state index contributed by atoms with van der Waals surface area (Å²) < 4.78 is 0. The van der Waals surface area contributed by atoms with Crippen molar-refractivity contribution < 1.29 is 24.6 Å². The van der Waals surface area contributed by atoms with Gasteiger partial charge in [-0.25, -0.2) is 0 Å². The first-order chi connectivity index (χ1) is 12.4.